The summed E-state index contributed by atoms with van der Waals surface area (Å²) >= 11 is 0. The molecule has 0 aliphatic heterocycles. The molecule has 0 aliphatic carbocycles. The van der Waals surface area contributed by atoms with Gasteiger partial charge in [-0.05, 0) is 19.1 Å². The van der Waals surface area contributed by atoms with E-state index in [4.69, 9.17) is 0 Å². The van der Waals surface area contributed by atoms with Gasteiger partial charge in [-0.15, -0.1) is 0 Å². The lowest BCUT2D eigenvalue weighted by Gasteiger charge is -2.08. The summed E-state index contributed by atoms with van der Waals surface area (Å²) in [5.74, 6) is 0. The summed E-state index contributed by atoms with van der Waals surface area (Å²) in [6.07, 6.45) is 4.77. The number of aliphatic hydroxyl groups excluding tert-OH is 1. The normalized spacial score (nSPS) is 12.4. The first kappa shape index (κ1) is 10.7. The fraction of sp³-hybridized carbons (Fsp3) is 0.250. The highest BCUT2D eigenvalue weighted by atomic mass is 16.3. The van der Waals surface area contributed by atoms with Crippen LogP contribution in [0.15, 0.2) is 36.8 Å². The second kappa shape index (κ2) is 4.81. The van der Waals surface area contributed by atoms with Crippen LogP contribution in [-0.4, -0.2) is 20.1 Å². The van der Waals surface area contributed by atoms with E-state index in [1.165, 1.54) is 0 Å². The minimum Gasteiger partial charge on any atom is -0.386 e. The first-order valence-corrected chi connectivity index (χ1v) is 5.12. The van der Waals surface area contributed by atoms with Crippen molar-refractivity contribution >= 4 is 0 Å². The van der Waals surface area contributed by atoms with E-state index in [1.807, 2.05) is 25.1 Å². The first-order valence-electron chi connectivity index (χ1n) is 5.12. The molecule has 4 heteroatoms. The monoisotopic (exact) mass is 215 g/mol. The van der Waals surface area contributed by atoms with Gasteiger partial charge < -0.3 is 5.11 Å². The summed E-state index contributed by atoms with van der Waals surface area (Å²) in [6, 6.07) is 5.63. The quantitative estimate of drug-likeness (QED) is 0.842. The number of pyridine rings is 1. The van der Waals surface area contributed by atoms with Crippen LogP contribution in [0, 0.1) is 6.92 Å². The molecule has 1 N–H and O–H groups in total. The van der Waals surface area contributed by atoms with E-state index < -0.39 is 6.10 Å². The zero-order valence-electron chi connectivity index (χ0n) is 9.04. The van der Waals surface area contributed by atoms with Gasteiger partial charge in [0, 0.05) is 24.5 Å². The fourth-order valence-corrected chi connectivity index (χ4v) is 1.40. The number of hydrogen-bond donors (Lipinski definition) is 1. The molecule has 0 fully saturated rings. The zero-order chi connectivity index (χ0) is 11.4. The molecule has 0 amide bonds. The van der Waals surface area contributed by atoms with Gasteiger partial charge in [-0.1, -0.05) is 6.07 Å². The molecule has 0 aliphatic rings. The lowest BCUT2D eigenvalue weighted by Crippen LogP contribution is -2.06. The minimum atomic E-state index is -0.650. The van der Waals surface area contributed by atoms with Crippen LogP contribution in [0.4, 0.5) is 0 Å². The van der Waals surface area contributed by atoms with Crippen LogP contribution in [0.3, 0.4) is 0 Å². The van der Waals surface area contributed by atoms with E-state index in [2.05, 4.69) is 15.0 Å². The van der Waals surface area contributed by atoms with E-state index in [0.29, 0.717) is 12.1 Å². The van der Waals surface area contributed by atoms with Crippen molar-refractivity contribution in [2.24, 2.45) is 0 Å². The number of aromatic nitrogens is 3. The SMILES string of the molecule is Cc1cnc(C(O)Cc2ccccn2)cn1. The van der Waals surface area contributed by atoms with Gasteiger partial charge in [-0.25, -0.2) is 0 Å². The van der Waals surface area contributed by atoms with Gasteiger partial charge in [0.2, 0.25) is 0 Å². The van der Waals surface area contributed by atoms with Gasteiger partial charge in [0.15, 0.2) is 0 Å². The Bertz CT molecular complexity index is 442. The van der Waals surface area contributed by atoms with Crippen molar-refractivity contribution in [2.75, 3.05) is 0 Å². The Kier molecular flexibility index (Phi) is 3.22. The van der Waals surface area contributed by atoms with Crippen LogP contribution in [0.2, 0.25) is 0 Å². The van der Waals surface area contributed by atoms with Gasteiger partial charge in [0.1, 0.15) is 6.10 Å². The van der Waals surface area contributed by atoms with Crippen LogP contribution >= 0.6 is 0 Å². The summed E-state index contributed by atoms with van der Waals surface area (Å²) in [5.41, 5.74) is 2.27. The van der Waals surface area contributed by atoms with E-state index in [9.17, 15) is 5.11 Å². The number of nitrogens with zero attached hydrogens (tertiary/aromatic N) is 3. The van der Waals surface area contributed by atoms with E-state index in [1.54, 1.807) is 18.6 Å². The molecule has 0 saturated carbocycles. The van der Waals surface area contributed by atoms with Gasteiger partial charge in [-0.3, -0.25) is 15.0 Å². The summed E-state index contributed by atoms with van der Waals surface area (Å²) in [4.78, 5) is 12.4. The maximum atomic E-state index is 9.92. The molecule has 2 aromatic heterocycles. The Labute approximate surface area is 94.0 Å². The summed E-state index contributed by atoms with van der Waals surface area (Å²) in [7, 11) is 0. The maximum Gasteiger partial charge on any atom is 0.103 e. The van der Waals surface area contributed by atoms with Crippen molar-refractivity contribution in [1.29, 1.82) is 0 Å². The average molecular weight is 215 g/mol. The Balaban J connectivity index is 2.09. The molecule has 1 atom stereocenters. The van der Waals surface area contributed by atoms with Gasteiger partial charge in [0.05, 0.1) is 17.6 Å². The topological polar surface area (TPSA) is 58.9 Å². The van der Waals surface area contributed by atoms with Gasteiger partial charge in [-0.2, -0.15) is 0 Å². The highest BCUT2D eigenvalue weighted by molar-refractivity contribution is 5.10. The fourth-order valence-electron chi connectivity index (χ4n) is 1.40. The minimum absolute atomic E-state index is 0.457. The van der Waals surface area contributed by atoms with Crippen molar-refractivity contribution in [2.45, 2.75) is 19.4 Å². The van der Waals surface area contributed by atoms with Crippen molar-refractivity contribution in [3.8, 4) is 0 Å². The molecule has 2 heterocycles. The Morgan fingerprint density at radius 1 is 1.19 bits per heavy atom. The van der Waals surface area contributed by atoms with E-state index >= 15 is 0 Å². The molecule has 0 aromatic carbocycles. The van der Waals surface area contributed by atoms with Crippen molar-refractivity contribution in [3.05, 3.63) is 53.9 Å². The highest BCUT2D eigenvalue weighted by Crippen LogP contribution is 2.13. The third-order valence-corrected chi connectivity index (χ3v) is 2.27. The molecule has 2 rings (SSSR count). The summed E-state index contributed by atoms with van der Waals surface area (Å²) < 4.78 is 0. The molecule has 4 nitrogen and oxygen atoms in total. The molecule has 0 bridgehead atoms. The predicted molar refractivity (Wildman–Crippen MR) is 59.7 cm³/mol. The summed E-state index contributed by atoms with van der Waals surface area (Å²) in [5, 5.41) is 9.92. The van der Waals surface area contributed by atoms with Crippen LogP contribution < -0.4 is 0 Å². The molecule has 0 saturated heterocycles. The lowest BCUT2D eigenvalue weighted by atomic mass is 10.1. The van der Waals surface area contributed by atoms with Crippen LogP contribution in [0.5, 0.6) is 0 Å². The molecule has 82 valence electrons. The molecule has 16 heavy (non-hydrogen) atoms. The Morgan fingerprint density at radius 2 is 2.06 bits per heavy atom. The Morgan fingerprint density at radius 3 is 2.69 bits per heavy atom. The molecule has 2 aromatic rings. The van der Waals surface area contributed by atoms with Crippen molar-refractivity contribution < 1.29 is 5.11 Å². The molecular weight excluding hydrogens is 202 g/mol. The summed E-state index contributed by atoms with van der Waals surface area (Å²) in [6.45, 7) is 1.86. The smallest absolute Gasteiger partial charge is 0.103 e. The second-order valence-electron chi connectivity index (χ2n) is 3.62. The maximum absolute atomic E-state index is 9.92. The average Bonchev–Trinajstić information content (AvgIpc) is 2.31. The van der Waals surface area contributed by atoms with Crippen molar-refractivity contribution in [1.82, 2.24) is 15.0 Å². The predicted octanol–water partition coefficient (Wildman–Crippen LogP) is 1.46. The van der Waals surface area contributed by atoms with Crippen LogP contribution in [0.1, 0.15) is 23.2 Å². The standard InChI is InChI=1S/C12H13N3O/c1-9-7-15-11(8-14-9)12(16)6-10-4-2-3-5-13-10/h2-5,7-8,12,16H,6H2,1H3. The van der Waals surface area contributed by atoms with Crippen LogP contribution in [-0.2, 0) is 6.42 Å². The number of aliphatic hydroxyl groups is 1. The van der Waals surface area contributed by atoms with Crippen LogP contribution in [0.25, 0.3) is 0 Å². The second-order valence-corrected chi connectivity index (χ2v) is 3.62. The number of hydrogen-bond acceptors (Lipinski definition) is 4. The largest absolute Gasteiger partial charge is 0.386 e. The first-order chi connectivity index (χ1) is 7.75. The molecule has 0 spiro atoms. The zero-order valence-corrected chi connectivity index (χ0v) is 9.04. The number of rotatable bonds is 3. The molecule has 1 unspecified atom stereocenters. The van der Waals surface area contributed by atoms with Crippen molar-refractivity contribution in [3.63, 3.8) is 0 Å². The van der Waals surface area contributed by atoms with Gasteiger partial charge >= 0.3 is 0 Å². The van der Waals surface area contributed by atoms with E-state index in [-0.39, 0.29) is 0 Å². The third-order valence-electron chi connectivity index (χ3n) is 2.27. The van der Waals surface area contributed by atoms with Gasteiger partial charge in [0.25, 0.3) is 0 Å². The highest BCUT2D eigenvalue weighted by Gasteiger charge is 2.10. The number of aryl methyl sites for hydroxylation is 1. The molecular formula is C12H13N3O. The lowest BCUT2D eigenvalue weighted by molar-refractivity contribution is 0.172. The Hall–Kier alpha value is -1.81. The van der Waals surface area contributed by atoms with E-state index in [0.717, 1.165) is 11.4 Å². The third kappa shape index (κ3) is 2.61. The molecule has 0 radical (unpaired) electrons.